The molecule has 0 N–H and O–H groups in total. The molecule has 0 saturated carbocycles. The highest BCUT2D eigenvalue weighted by Crippen LogP contribution is 2.27. The Morgan fingerprint density at radius 3 is 2.74 bits per heavy atom. The largest absolute Gasteiger partial charge is 0.497 e. The van der Waals surface area contributed by atoms with Gasteiger partial charge in [-0.15, -0.1) is 0 Å². The maximum absolute atomic E-state index is 11.9. The maximum Gasteiger partial charge on any atom is 0.254 e. The molecule has 4 heteroatoms. The van der Waals surface area contributed by atoms with Gasteiger partial charge in [-0.3, -0.25) is 4.79 Å². The predicted octanol–water partition coefficient (Wildman–Crippen LogP) is 2.73. The van der Waals surface area contributed by atoms with E-state index < -0.39 is 0 Å². The Kier molecular flexibility index (Phi) is 4.10. The number of ether oxygens (including phenoxy) is 2. The lowest BCUT2D eigenvalue weighted by atomic mass is 10.2. The minimum atomic E-state index is -0.0656. The third kappa shape index (κ3) is 2.72. The second-order valence-corrected chi connectivity index (χ2v) is 4.49. The first-order valence-corrected chi connectivity index (χ1v) is 6.48. The molecule has 0 saturated heterocycles. The van der Waals surface area contributed by atoms with Crippen LogP contribution in [0, 0.1) is 0 Å². The van der Waals surface area contributed by atoms with E-state index in [1.807, 2.05) is 18.2 Å². The first kappa shape index (κ1) is 13.5. The molecule has 0 aliphatic heterocycles. The zero-order valence-electron chi connectivity index (χ0n) is 11.6. The zero-order chi connectivity index (χ0) is 13.8. The van der Waals surface area contributed by atoms with Gasteiger partial charge in [0, 0.05) is 18.5 Å². The van der Waals surface area contributed by atoms with Gasteiger partial charge < -0.3 is 14.0 Å². The molecule has 0 atom stereocenters. The zero-order valence-corrected chi connectivity index (χ0v) is 11.6. The molecular weight excluding hydrogens is 242 g/mol. The van der Waals surface area contributed by atoms with E-state index in [4.69, 9.17) is 9.47 Å². The van der Waals surface area contributed by atoms with Crippen molar-refractivity contribution in [3.05, 3.63) is 34.6 Å². The van der Waals surface area contributed by atoms with E-state index in [-0.39, 0.29) is 5.56 Å². The average molecular weight is 261 g/mol. The SMILES string of the molecule is CCCCOc1cc(=O)n(C)c2ccc(OC)cc12. The van der Waals surface area contributed by atoms with Crippen LogP contribution in [0.1, 0.15) is 19.8 Å². The van der Waals surface area contributed by atoms with Gasteiger partial charge in [0.25, 0.3) is 5.56 Å². The molecule has 0 aliphatic rings. The Bertz CT molecular complexity index is 631. The summed E-state index contributed by atoms with van der Waals surface area (Å²) in [6.45, 7) is 2.73. The number of hydrogen-bond donors (Lipinski definition) is 0. The molecule has 102 valence electrons. The fourth-order valence-corrected chi connectivity index (χ4v) is 1.98. The summed E-state index contributed by atoms with van der Waals surface area (Å²) in [6.07, 6.45) is 2.03. The molecule has 0 radical (unpaired) electrons. The topological polar surface area (TPSA) is 40.5 Å². The van der Waals surface area contributed by atoms with Gasteiger partial charge in [0.05, 0.1) is 19.2 Å². The quantitative estimate of drug-likeness (QED) is 0.777. The molecule has 0 spiro atoms. The van der Waals surface area contributed by atoms with Crippen molar-refractivity contribution in [1.82, 2.24) is 4.57 Å². The minimum absolute atomic E-state index is 0.0656. The molecule has 1 aromatic carbocycles. The number of unbranched alkanes of at least 4 members (excludes halogenated alkanes) is 1. The Morgan fingerprint density at radius 1 is 1.26 bits per heavy atom. The molecule has 2 aromatic rings. The first-order valence-electron chi connectivity index (χ1n) is 6.48. The van der Waals surface area contributed by atoms with Crippen LogP contribution < -0.4 is 15.0 Å². The Balaban J connectivity index is 2.54. The third-order valence-electron chi connectivity index (χ3n) is 3.17. The molecule has 2 rings (SSSR count). The van der Waals surface area contributed by atoms with Crippen LogP contribution in [0.4, 0.5) is 0 Å². The molecule has 0 fully saturated rings. The summed E-state index contributed by atoms with van der Waals surface area (Å²) in [4.78, 5) is 11.9. The van der Waals surface area contributed by atoms with Crippen molar-refractivity contribution in [3.63, 3.8) is 0 Å². The van der Waals surface area contributed by atoms with Crippen molar-refractivity contribution in [3.8, 4) is 11.5 Å². The number of nitrogens with zero attached hydrogens (tertiary/aromatic N) is 1. The Morgan fingerprint density at radius 2 is 2.05 bits per heavy atom. The molecular formula is C15H19NO3. The Labute approximate surface area is 112 Å². The third-order valence-corrected chi connectivity index (χ3v) is 3.17. The van der Waals surface area contributed by atoms with Gasteiger partial charge >= 0.3 is 0 Å². The van der Waals surface area contributed by atoms with Crippen molar-refractivity contribution in [2.24, 2.45) is 7.05 Å². The highest BCUT2D eigenvalue weighted by atomic mass is 16.5. The Hall–Kier alpha value is -1.97. The van der Waals surface area contributed by atoms with Crippen molar-refractivity contribution >= 4 is 10.9 Å². The lowest BCUT2D eigenvalue weighted by Crippen LogP contribution is -2.16. The maximum atomic E-state index is 11.9. The highest BCUT2D eigenvalue weighted by molar-refractivity contribution is 5.86. The first-order chi connectivity index (χ1) is 9.17. The standard InChI is InChI=1S/C15H19NO3/c1-4-5-8-19-14-10-15(17)16(2)13-7-6-11(18-3)9-12(13)14/h6-7,9-10H,4-5,8H2,1-3H3. The lowest BCUT2D eigenvalue weighted by Gasteiger charge is -2.12. The van der Waals surface area contributed by atoms with Gasteiger partial charge in [0.1, 0.15) is 11.5 Å². The van der Waals surface area contributed by atoms with E-state index in [1.165, 1.54) is 6.07 Å². The molecule has 1 aromatic heterocycles. The van der Waals surface area contributed by atoms with Crippen LogP contribution in [0.5, 0.6) is 11.5 Å². The molecule has 19 heavy (non-hydrogen) atoms. The van der Waals surface area contributed by atoms with E-state index in [1.54, 1.807) is 18.7 Å². The van der Waals surface area contributed by atoms with E-state index in [0.29, 0.717) is 12.4 Å². The fraction of sp³-hybridized carbons (Fsp3) is 0.400. The summed E-state index contributed by atoms with van der Waals surface area (Å²) < 4.78 is 12.6. The summed E-state index contributed by atoms with van der Waals surface area (Å²) in [5, 5.41) is 0.901. The summed E-state index contributed by atoms with van der Waals surface area (Å²) >= 11 is 0. The summed E-state index contributed by atoms with van der Waals surface area (Å²) in [5.74, 6) is 1.39. The van der Waals surface area contributed by atoms with Crippen molar-refractivity contribution in [1.29, 1.82) is 0 Å². The smallest absolute Gasteiger partial charge is 0.254 e. The van der Waals surface area contributed by atoms with Crippen LogP contribution in [0.15, 0.2) is 29.1 Å². The van der Waals surface area contributed by atoms with E-state index >= 15 is 0 Å². The fourth-order valence-electron chi connectivity index (χ4n) is 1.98. The average Bonchev–Trinajstić information content (AvgIpc) is 2.44. The molecule has 0 bridgehead atoms. The van der Waals surface area contributed by atoms with Gasteiger partial charge in [0.15, 0.2) is 0 Å². The molecule has 0 amide bonds. The number of pyridine rings is 1. The van der Waals surface area contributed by atoms with Crippen LogP contribution in [0.3, 0.4) is 0 Å². The number of hydrogen-bond acceptors (Lipinski definition) is 3. The van der Waals surface area contributed by atoms with Crippen molar-refractivity contribution in [2.75, 3.05) is 13.7 Å². The molecule has 0 unspecified atom stereocenters. The second kappa shape index (κ2) is 5.78. The number of rotatable bonds is 5. The summed E-state index contributed by atoms with van der Waals surface area (Å²) in [7, 11) is 3.38. The summed E-state index contributed by atoms with van der Waals surface area (Å²) in [6, 6.07) is 7.16. The van der Waals surface area contributed by atoms with Gasteiger partial charge in [0.2, 0.25) is 0 Å². The second-order valence-electron chi connectivity index (χ2n) is 4.49. The number of aryl methyl sites for hydroxylation is 1. The van der Waals surface area contributed by atoms with Gasteiger partial charge in [-0.1, -0.05) is 13.3 Å². The summed E-state index contributed by atoms with van der Waals surface area (Å²) in [5.41, 5.74) is 0.781. The monoisotopic (exact) mass is 261 g/mol. The minimum Gasteiger partial charge on any atom is -0.497 e. The van der Waals surface area contributed by atoms with Crippen LogP contribution in [-0.2, 0) is 7.05 Å². The normalized spacial score (nSPS) is 10.7. The lowest BCUT2D eigenvalue weighted by molar-refractivity contribution is 0.312. The van der Waals surface area contributed by atoms with E-state index in [0.717, 1.165) is 29.5 Å². The molecule has 1 heterocycles. The van der Waals surface area contributed by atoms with Crippen LogP contribution in [0.2, 0.25) is 0 Å². The molecule has 0 aliphatic carbocycles. The highest BCUT2D eigenvalue weighted by Gasteiger charge is 2.08. The number of methoxy groups -OCH3 is 1. The van der Waals surface area contributed by atoms with Crippen LogP contribution in [-0.4, -0.2) is 18.3 Å². The van der Waals surface area contributed by atoms with E-state index in [2.05, 4.69) is 6.92 Å². The van der Waals surface area contributed by atoms with Crippen LogP contribution >= 0.6 is 0 Å². The van der Waals surface area contributed by atoms with Gasteiger partial charge in [-0.05, 0) is 24.6 Å². The van der Waals surface area contributed by atoms with Gasteiger partial charge in [-0.25, -0.2) is 0 Å². The van der Waals surface area contributed by atoms with Crippen molar-refractivity contribution < 1.29 is 9.47 Å². The predicted molar refractivity (Wildman–Crippen MR) is 76.1 cm³/mol. The van der Waals surface area contributed by atoms with Crippen molar-refractivity contribution in [2.45, 2.75) is 19.8 Å². The number of fused-ring (bicyclic) bond motifs is 1. The van der Waals surface area contributed by atoms with Gasteiger partial charge in [-0.2, -0.15) is 0 Å². The van der Waals surface area contributed by atoms with Crippen LogP contribution in [0.25, 0.3) is 10.9 Å². The molecule has 4 nitrogen and oxygen atoms in total. The van der Waals surface area contributed by atoms with E-state index in [9.17, 15) is 4.79 Å². The number of benzene rings is 1. The number of aromatic nitrogens is 1.